The molecule has 0 aromatic carbocycles. The van der Waals surface area contributed by atoms with Crippen LogP contribution in [0.1, 0.15) is 32.1 Å². The van der Waals surface area contributed by atoms with E-state index in [4.69, 9.17) is 0 Å². The van der Waals surface area contributed by atoms with Gasteiger partial charge in [-0.3, -0.25) is 0 Å². The van der Waals surface area contributed by atoms with Crippen molar-refractivity contribution in [2.24, 2.45) is 0 Å². The fourth-order valence-corrected chi connectivity index (χ4v) is 1.39. The van der Waals surface area contributed by atoms with Gasteiger partial charge < -0.3 is 41.8 Å². The van der Waals surface area contributed by atoms with Crippen LogP contribution in [-0.4, -0.2) is 18.6 Å². The van der Waals surface area contributed by atoms with Crippen molar-refractivity contribution in [3.8, 4) is 0 Å². The van der Waals surface area contributed by atoms with Crippen LogP contribution in [0.3, 0.4) is 0 Å². The second-order valence-electron chi connectivity index (χ2n) is 2.62. The topological polar surface area (TPSA) is 77.0 Å². The summed E-state index contributed by atoms with van der Waals surface area (Å²) in [5.41, 5.74) is 0. The maximum atomic E-state index is 3.30. The molecule has 92 valence electrons. The first-order valence-corrected chi connectivity index (χ1v) is 3.61. The molecular weight excluding hydrogens is 589 g/mol. The summed E-state index contributed by atoms with van der Waals surface area (Å²) >= 11 is 0. The van der Waals surface area contributed by atoms with Crippen molar-refractivity contribution in [2.75, 3.05) is 7.05 Å². The zero-order valence-electron chi connectivity index (χ0n) is 8.16. The standard InChI is InChI=1S/C7H15N.2ClH.H3N.H2O.2Pt/c1-8-7-5-3-2-4-6-7;;;;;;/h7-8H,2-6H2,1H3;2*1H;1H3;1H2;;/q;;;;;2*+4/p-3. The Morgan fingerprint density at radius 3 is 1.50 bits per heavy atom. The molecule has 14 heavy (non-hydrogen) atoms. The van der Waals surface area contributed by atoms with Crippen molar-refractivity contribution in [3.63, 3.8) is 0 Å². The second-order valence-corrected chi connectivity index (χ2v) is 2.62. The van der Waals surface area contributed by atoms with Crippen molar-refractivity contribution >= 4 is 0 Å². The van der Waals surface area contributed by atoms with Crippen molar-refractivity contribution in [1.82, 2.24) is 11.5 Å². The molecule has 1 aliphatic rings. The summed E-state index contributed by atoms with van der Waals surface area (Å²) in [4.78, 5) is 0. The number of hydrogen-bond donors (Lipinski definition) is 2. The van der Waals surface area contributed by atoms with Gasteiger partial charge >= 0.3 is 42.1 Å². The fourth-order valence-electron chi connectivity index (χ4n) is 1.39. The summed E-state index contributed by atoms with van der Waals surface area (Å²) in [6, 6.07) is 0.837. The first-order valence-electron chi connectivity index (χ1n) is 3.61. The van der Waals surface area contributed by atoms with Crippen molar-refractivity contribution in [2.45, 2.75) is 38.1 Å². The van der Waals surface area contributed by atoms with E-state index in [1.165, 1.54) is 32.1 Å². The maximum Gasteiger partial charge on any atom is 4.00 e. The Morgan fingerprint density at radius 2 is 1.29 bits per heavy atom. The summed E-state index contributed by atoms with van der Waals surface area (Å²) in [6.45, 7) is 0. The van der Waals surface area contributed by atoms with Crippen LogP contribution in [-0.2, 0) is 42.1 Å². The SMILES string of the molecule is CNC1CCCCC1.N.[Cl-].[Cl-].[OH-].[Pt+4].[Pt+4]. The molecule has 0 aromatic heterocycles. The van der Waals surface area contributed by atoms with Crippen LogP contribution in [0.4, 0.5) is 0 Å². The number of rotatable bonds is 1. The van der Waals surface area contributed by atoms with Crippen molar-refractivity contribution in [3.05, 3.63) is 0 Å². The molecule has 0 heterocycles. The third-order valence-electron chi connectivity index (χ3n) is 2.01. The maximum absolute atomic E-state index is 3.30. The van der Waals surface area contributed by atoms with Gasteiger partial charge in [0.05, 0.1) is 0 Å². The molecule has 0 spiro atoms. The molecule has 0 radical (unpaired) electrons. The van der Waals surface area contributed by atoms with Gasteiger partial charge in [-0.2, -0.15) is 0 Å². The van der Waals surface area contributed by atoms with Crippen molar-refractivity contribution in [1.29, 1.82) is 0 Å². The Morgan fingerprint density at radius 1 is 0.929 bits per heavy atom. The second kappa shape index (κ2) is 24.2. The van der Waals surface area contributed by atoms with Crippen LogP contribution >= 0.6 is 0 Å². The molecule has 0 bridgehead atoms. The largest absolute Gasteiger partial charge is 4.00 e. The van der Waals surface area contributed by atoms with Crippen LogP contribution in [0.15, 0.2) is 0 Å². The van der Waals surface area contributed by atoms with Gasteiger partial charge in [0.15, 0.2) is 0 Å². The van der Waals surface area contributed by atoms with Crippen LogP contribution in [0, 0.1) is 0 Å². The van der Waals surface area contributed by atoms with E-state index in [9.17, 15) is 0 Å². The van der Waals surface area contributed by atoms with E-state index >= 15 is 0 Å². The minimum atomic E-state index is 0. The molecule has 1 saturated carbocycles. The molecule has 0 unspecified atom stereocenters. The zero-order valence-corrected chi connectivity index (χ0v) is 14.2. The van der Waals surface area contributed by atoms with E-state index in [1.807, 2.05) is 0 Å². The van der Waals surface area contributed by atoms with Gasteiger partial charge in [-0.15, -0.1) is 0 Å². The molecule has 1 rings (SSSR count). The van der Waals surface area contributed by atoms with E-state index in [1.54, 1.807) is 0 Å². The molecule has 0 aliphatic heterocycles. The van der Waals surface area contributed by atoms with E-state index in [0.29, 0.717) is 0 Å². The van der Waals surface area contributed by atoms with Gasteiger partial charge in [0, 0.05) is 6.04 Å². The van der Waals surface area contributed by atoms with Crippen LogP contribution in [0.2, 0.25) is 0 Å². The van der Waals surface area contributed by atoms with Crippen LogP contribution in [0.5, 0.6) is 0 Å². The molecule has 0 aromatic rings. The molecule has 1 aliphatic carbocycles. The number of hydrogen-bond acceptors (Lipinski definition) is 3. The van der Waals surface area contributed by atoms with E-state index in [-0.39, 0.29) is 78.6 Å². The average molecular weight is 608 g/mol. The number of nitrogens with one attached hydrogen (secondary N) is 1. The van der Waals surface area contributed by atoms with Gasteiger partial charge in [0.25, 0.3) is 0 Å². The Balaban J connectivity index is -0.0000000267. The Hall–Kier alpha value is 1.84. The summed E-state index contributed by atoms with van der Waals surface area (Å²) in [5.74, 6) is 0. The van der Waals surface area contributed by atoms with Gasteiger partial charge in [0.1, 0.15) is 0 Å². The minimum absolute atomic E-state index is 0. The van der Waals surface area contributed by atoms with E-state index in [2.05, 4.69) is 12.4 Å². The quantitative estimate of drug-likeness (QED) is 0.316. The summed E-state index contributed by atoms with van der Waals surface area (Å²) < 4.78 is 0. The molecule has 0 saturated heterocycles. The normalized spacial score (nSPS) is 13.5. The van der Waals surface area contributed by atoms with Gasteiger partial charge in [-0.1, -0.05) is 19.3 Å². The monoisotopic (exact) mass is 607 g/mol. The summed E-state index contributed by atoms with van der Waals surface area (Å²) in [7, 11) is 2.07. The smallest absolute Gasteiger partial charge is 1.00 e. The molecule has 0 amide bonds. The van der Waals surface area contributed by atoms with E-state index in [0.717, 1.165) is 6.04 Å². The first-order chi connectivity index (χ1) is 3.93. The predicted octanol–water partition coefficient (Wildman–Crippen LogP) is -4.47. The molecule has 1 fully saturated rings. The molecular formula is C7H19Cl2N2OPt2+5. The first kappa shape index (κ1) is 36.0. The van der Waals surface area contributed by atoms with Gasteiger partial charge in [-0.25, -0.2) is 0 Å². The van der Waals surface area contributed by atoms with E-state index < -0.39 is 0 Å². The third-order valence-corrected chi connectivity index (χ3v) is 2.01. The summed E-state index contributed by atoms with van der Waals surface area (Å²) in [6.07, 6.45) is 7.13. The Labute approximate surface area is 128 Å². The van der Waals surface area contributed by atoms with Crippen LogP contribution < -0.4 is 36.3 Å². The Bertz CT molecular complexity index is 78.7. The third kappa shape index (κ3) is 16.3. The minimum Gasteiger partial charge on any atom is -1.00 e. The number of halogens is 2. The fraction of sp³-hybridized carbons (Fsp3) is 1.00. The molecule has 7 heteroatoms. The Kier molecular flexibility index (Phi) is 62.2. The summed E-state index contributed by atoms with van der Waals surface area (Å²) in [5, 5.41) is 3.30. The van der Waals surface area contributed by atoms with Gasteiger partial charge in [0.2, 0.25) is 0 Å². The predicted molar refractivity (Wildman–Crippen MR) is 42.9 cm³/mol. The van der Waals surface area contributed by atoms with Gasteiger partial charge in [-0.05, 0) is 19.9 Å². The zero-order chi connectivity index (χ0) is 5.82. The molecule has 5 N–H and O–H groups in total. The molecule has 0 atom stereocenters. The van der Waals surface area contributed by atoms with Crippen molar-refractivity contribution < 1.29 is 72.4 Å². The molecule has 3 nitrogen and oxygen atoms in total. The van der Waals surface area contributed by atoms with Crippen LogP contribution in [0.25, 0.3) is 0 Å². The average Bonchev–Trinajstić information content (AvgIpc) is 1.90.